The van der Waals surface area contributed by atoms with Crippen molar-refractivity contribution in [1.82, 2.24) is 10.2 Å². The lowest BCUT2D eigenvalue weighted by atomic mass is 10.0. The molecule has 2 amide bonds. The molecule has 0 saturated carbocycles. The lowest BCUT2D eigenvalue weighted by Gasteiger charge is -2.34. The number of benzene rings is 4. The van der Waals surface area contributed by atoms with Crippen molar-refractivity contribution < 1.29 is 22.7 Å². The molecular formula is C35H39N3O5S. The Morgan fingerprint density at radius 1 is 0.841 bits per heavy atom. The zero-order valence-corrected chi connectivity index (χ0v) is 26.2. The van der Waals surface area contributed by atoms with Crippen LogP contribution in [0.1, 0.15) is 30.0 Å². The van der Waals surface area contributed by atoms with E-state index in [1.807, 2.05) is 68.4 Å². The molecule has 0 bridgehead atoms. The number of nitrogens with zero attached hydrogens (tertiary/aromatic N) is 2. The first-order valence-corrected chi connectivity index (χ1v) is 16.1. The molecule has 0 spiro atoms. The molecule has 0 unspecified atom stereocenters. The monoisotopic (exact) mass is 613 g/mol. The first-order chi connectivity index (χ1) is 21.2. The van der Waals surface area contributed by atoms with Crippen LogP contribution in [0.4, 0.5) is 5.69 Å². The number of amides is 2. The lowest BCUT2D eigenvalue weighted by Crippen LogP contribution is -2.53. The molecule has 9 heteroatoms. The van der Waals surface area contributed by atoms with Crippen molar-refractivity contribution in [3.05, 3.63) is 126 Å². The number of carbonyl (C=O) groups is 2. The van der Waals surface area contributed by atoms with Gasteiger partial charge in [-0.2, -0.15) is 0 Å². The Morgan fingerprint density at radius 2 is 1.45 bits per heavy atom. The molecule has 4 aromatic carbocycles. The van der Waals surface area contributed by atoms with Crippen molar-refractivity contribution in [1.29, 1.82) is 0 Å². The highest BCUT2D eigenvalue weighted by atomic mass is 32.2. The predicted octanol–water partition coefficient (Wildman–Crippen LogP) is 5.37. The Morgan fingerprint density at radius 3 is 2.07 bits per heavy atom. The topological polar surface area (TPSA) is 96.0 Å². The fraction of sp³-hybridized carbons (Fsp3) is 0.257. The molecule has 0 saturated heterocycles. The Hall–Kier alpha value is -4.63. The van der Waals surface area contributed by atoms with Gasteiger partial charge in [-0.25, -0.2) is 8.42 Å². The quantitative estimate of drug-likeness (QED) is 0.207. The van der Waals surface area contributed by atoms with E-state index < -0.39 is 28.5 Å². The third-order valence-corrected chi connectivity index (χ3v) is 9.18. The second-order valence-electron chi connectivity index (χ2n) is 10.5. The summed E-state index contributed by atoms with van der Waals surface area (Å²) in [6.45, 7) is 3.98. The summed E-state index contributed by atoms with van der Waals surface area (Å²) in [6.07, 6.45) is 0.998. The minimum absolute atomic E-state index is 0.0515. The van der Waals surface area contributed by atoms with Crippen molar-refractivity contribution in [3.8, 4) is 5.75 Å². The van der Waals surface area contributed by atoms with Gasteiger partial charge in [-0.1, -0.05) is 79.7 Å². The van der Waals surface area contributed by atoms with Gasteiger partial charge < -0.3 is 15.0 Å². The highest BCUT2D eigenvalue weighted by molar-refractivity contribution is 7.92. The fourth-order valence-corrected chi connectivity index (χ4v) is 6.32. The number of nitrogens with one attached hydrogen (secondary N) is 1. The average Bonchev–Trinajstić information content (AvgIpc) is 3.05. The number of anilines is 1. The van der Waals surface area contributed by atoms with Crippen molar-refractivity contribution in [3.63, 3.8) is 0 Å². The number of rotatable bonds is 14. The van der Waals surface area contributed by atoms with E-state index in [4.69, 9.17) is 4.74 Å². The minimum Gasteiger partial charge on any atom is -0.497 e. The summed E-state index contributed by atoms with van der Waals surface area (Å²) in [5.41, 5.74) is 3.01. The molecule has 0 aliphatic carbocycles. The van der Waals surface area contributed by atoms with Crippen LogP contribution in [0.3, 0.4) is 0 Å². The second-order valence-corrected chi connectivity index (χ2v) is 12.3. The third-order valence-electron chi connectivity index (χ3n) is 7.39. The molecular weight excluding hydrogens is 574 g/mol. The molecule has 4 aromatic rings. The SMILES string of the molecule is CCCNC(=O)[C@@H](Cc1ccccc1)N(Cc1ccccc1C)C(=O)CN(c1ccc(OC)cc1)S(=O)(=O)c1ccccc1. The van der Waals surface area contributed by atoms with Gasteiger partial charge in [-0.3, -0.25) is 13.9 Å². The Kier molecular flexibility index (Phi) is 11.2. The van der Waals surface area contributed by atoms with Gasteiger partial charge >= 0.3 is 0 Å². The van der Waals surface area contributed by atoms with Crippen molar-refractivity contribution >= 4 is 27.5 Å². The van der Waals surface area contributed by atoms with Crippen molar-refractivity contribution in [2.45, 2.75) is 44.2 Å². The summed E-state index contributed by atoms with van der Waals surface area (Å²) in [5, 5.41) is 2.96. The van der Waals surface area contributed by atoms with Gasteiger partial charge in [0.2, 0.25) is 11.8 Å². The number of sulfonamides is 1. The van der Waals surface area contributed by atoms with Crippen LogP contribution in [0.2, 0.25) is 0 Å². The smallest absolute Gasteiger partial charge is 0.264 e. The zero-order valence-electron chi connectivity index (χ0n) is 25.3. The maximum atomic E-state index is 14.5. The zero-order chi connectivity index (χ0) is 31.5. The molecule has 44 heavy (non-hydrogen) atoms. The third kappa shape index (κ3) is 8.05. The number of hydrogen-bond donors (Lipinski definition) is 1. The Balaban J connectivity index is 1.80. The van der Waals surface area contributed by atoms with E-state index in [2.05, 4.69) is 5.32 Å². The maximum absolute atomic E-state index is 14.5. The molecule has 0 fully saturated rings. The lowest BCUT2D eigenvalue weighted by molar-refractivity contribution is -0.140. The minimum atomic E-state index is -4.16. The van der Waals surface area contributed by atoms with Gasteiger partial charge in [0.25, 0.3) is 10.0 Å². The van der Waals surface area contributed by atoms with Crippen LogP contribution < -0.4 is 14.4 Å². The van der Waals surface area contributed by atoms with Crippen LogP contribution in [0.5, 0.6) is 5.75 Å². The van der Waals surface area contributed by atoms with Gasteiger partial charge in [0.05, 0.1) is 17.7 Å². The van der Waals surface area contributed by atoms with Gasteiger partial charge in [0, 0.05) is 19.5 Å². The number of aryl methyl sites for hydroxylation is 1. The number of ether oxygens (including phenoxy) is 1. The summed E-state index contributed by atoms with van der Waals surface area (Å²) < 4.78 is 34.4. The molecule has 0 radical (unpaired) electrons. The van der Waals surface area contributed by atoms with Gasteiger partial charge in [-0.15, -0.1) is 0 Å². The van der Waals surface area contributed by atoms with Crippen LogP contribution in [0.25, 0.3) is 0 Å². The van der Waals surface area contributed by atoms with Crippen molar-refractivity contribution in [2.24, 2.45) is 0 Å². The standard InChI is InChI=1S/C35H39N3O5S/c1-4-23-36-35(40)33(24-28-14-7-5-8-15-28)37(25-29-16-12-11-13-27(29)2)34(39)26-38(30-19-21-31(43-3)22-20-30)44(41,42)32-17-9-6-10-18-32/h5-22,33H,4,23-26H2,1-3H3,(H,36,40)/t33-/m1/s1. The second kappa shape index (κ2) is 15.2. The molecule has 0 aliphatic rings. The molecule has 0 heterocycles. The number of carbonyl (C=O) groups excluding carboxylic acids is 2. The van der Waals surface area contributed by atoms with Gasteiger partial charge in [0.15, 0.2) is 0 Å². The van der Waals surface area contributed by atoms with Crippen LogP contribution in [0.15, 0.2) is 114 Å². The Bertz CT molecular complexity index is 1630. The van der Waals surface area contributed by atoms with E-state index in [9.17, 15) is 18.0 Å². The Labute approximate surface area is 260 Å². The number of methoxy groups -OCH3 is 1. The van der Waals surface area contributed by atoms with Crippen LogP contribution in [-0.4, -0.2) is 51.4 Å². The van der Waals surface area contributed by atoms with Gasteiger partial charge in [0.1, 0.15) is 18.3 Å². The predicted molar refractivity (Wildman–Crippen MR) is 173 cm³/mol. The molecule has 230 valence electrons. The van der Waals surface area contributed by atoms with E-state index in [0.717, 1.165) is 27.4 Å². The molecule has 4 rings (SSSR count). The molecule has 1 atom stereocenters. The molecule has 0 aliphatic heterocycles. The summed E-state index contributed by atoms with van der Waals surface area (Å²) in [5.74, 6) is -0.246. The van der Waals surface area contributed by atoms with E-state index in [0.29, 0.717) is 18.0 Å². The summed E-state index contributed by atoms with van der Waals surface area (Å²) in [7, 11) is -2.63. The summed E-state index contributed by atoms with van der Waals surface area (Å²) in [6, 6.07) is 30.8. The summed E-state index contributed by atoms with van der Waals surface area (Å²) >= 11 is 0. The summed E-state index contributed by atoms with van der Waals surface area (Å²) in [4.78, 5) is 29.8. The molecule has 0 aromatic heterocycles. The van der Waals surface area contributed by atoms with Gasteiger partial charge in [-0.05, 0) is 66.4 Å². The van der Waals surface area contributed by atoms with Crippen molar-refractivity contribution in [2.75, 3.05) is 24.5 Å². The highest BCUT2D eigenvalue weighted by Gasteiger charge is 2.34. The van der Waals surface area contributed by atoms with E-state index >= 15 is 0 Å². The highest BCUT2D eigenvalue weighted by Crippen LogP contribution is 2.27. The molecule has 1 N–H and O–H groups in total. The normalized spacial score (nSPS) is 11.8. The fourth-order valence-electron chi connectivity index (χ4n) is 4.89. The largest absolute Gasteiger partial charge is 0.497 e. The van der Waals surface area contributed by atoms with Crippen LogP contribution in [-0.2, 0) is 32.6 Å². The van der Waals surface area contributed by atoms with Crippen LogP contribution in [0, 0.1) is 6.92 Å². The first kappa shape index (κ1) is 32.3. The molecule has 8 nitrogen and oxygen atoms in total. The van der Waals surface area contributed by atoms with E-state index in [1.54, 1.807) is 42.5 Å². The average molecular weight is 614 g/mol. The maximum Gasteiger partial charge on any atom is 0.264 e. The van der Waals surface area contributed by atoms with E-state index in [1.165, 1.54) is 24.1 Å². The number of hydrogen-bond acceptors (Lipinski definition) is 5. The van der Waals surface area contributed by atoms with Crippen LogP contribution >= 0.6 is 0 Å². The van der Waals surface area contributed by atoms with E-state index in [-0.39, 0.29) is 23.8 Å². The first-order valence-electron chi connectivity index (χ1n) is 14.6.